The molecule has 0 aromatic carbocycles. The van der Waals surface area contributed by atoms with Gasteiger partial charge in [0.25, 0.3) is 0 Å². The van der Waals surface area contributed by atoms with Crippen molar-refractivity contribution >= 4 is 0 Å². The molecule has 5 heteroatoms. The van der Waals surface area contributed by atoms with Crippen LogP contribution in [0.15, 0.2) is 12.3 Å². The molecule has 68 valence electrons. The second-order valence-electron chi connectivity index (χ2n) is 2.18. The van der Waals surface area contributed by atoms with Crippen molar-refractivity contribution in [3.05, 3.63) is 18.0 Å². The zero-order chi connectivity index (χ0) is 9.19. The van der Waals surface area contributed by atoms with Gasteiger partial charge in [-0.05, 0) is 6.92 Å². The van der Waals surface area contributed by atoms with Crippen molar-refractivity contribution in [1.82, 2.24) is 4.98 Å². The van der Waals surface area contributed by atoms with E-state index in [1.165, 1.54) is 6.20 Å². The van der Waals surface area contributed by atoms with E-state index in [2.05, 4.69) is 4.98 Å². The normalized spacial score (nSPS) is 11.7. The summed E-state index contributed by atoms with van der Waals surface area (Å²) in [6, 6.07) is 0.934. The van der Waals surface area contributed by atoms with Gasteiger partial charge in [0.1, 0.15) is 11.4 Å². The highest BCUT2D eigenvalue weighted by atomic mass is 19.4. The minimum atomic E-state index is -4.32. The van der Waals surface area contributed by atoms with Gasteiger partial charge >= 0.3 is 6.18 Å². The first-order valence-electron chi connectivity index (χ1n) is 3.42. The molecule has 0 atom stereocenters. The molecule has 0 aliphatic rings. The summed E-state index contributed by atoms with van der Waals surface area (Å²) >= 11 is 0. The average molecular weight is 179 g/mol. The minimum absolute atomic E-state index is 0.213. The van der Waals surface area contributed by atoms with Gasteiger partial charge in [0.05, 0.1) is 6.61 Å². The van der Waals surface area contributed by atoms with Crippen molar-refractivity contribution in [3.63, 3.8) is 0 Å². The molecule has 0 fully saturated rings. The first-order valence-corrected chi connectivity index (χ1v) is 3.42. The highest BCUT2D eigenvalue weighted by Gasteiger charge is 2.32. The fraction of sp³-hybridized carbons (Fsp3) is 0.429. The molecule has 0 unspecified atom stereocenters. The lowest BCUT2D eigenvalue weighted by atomic mass is 10.4. The lowest BCUT2D eigenvalue weighted by Crippen LogP contribution is -2.04. The Kier molecular flexibility index (Phi) is 2.30. The van der Waals surface area contributed by atoms with Crippen LogP contribution in [-0.4, -0.2) is 11.6 Å². The SMILES string of the molecule is CCOc1c[nH]c(C(F)(F)F)c1. The van der Waals surface area contributed by atoms with Gasteiger partial charge in [0, 0.05) is 12.3 Å². The van der Waals surface area contributed by atoms with Crippen molar-refractivity contribution in [2.75, 3.05) is 6.61 Å². The van der Waals surface area contributed by atoms with Crippen LogP contribution in [0.25, 0.3) is 0 Å². The van der Waals surface area contributed by atoms with Crippen molar-refractivity contribution in [1.29, 1.82) is 0 Å². The predicted molar refractivity (Wildman–Crippen MR) is 37.0 cm³/mol. The molecule has 2 nitrogen and oxygen atoms in total. The fourth-order valence-corrected chi connectivity index (χ4v) is 0.788. The average Bonchev–Trinajstić information content (AvgIpc) is 2.35. The third-order valence-corrected chi connectivity index (χ3v) is 1.27. The predicted octanol–water partition coefficient (Wildman–Crippen LogP) is 2.43. The number of ether oxygens (including phenoxy) is 1. The van der Waals surface area contributed by atoms with E-state index in [0.717, 1.165) is 6.07 Å². The van der Waals surface area contributed by atoms with E-state index in [1.807, 2.05) is 0 Å². The number of aromatic nitrogens is 1. The first kappa shape index (κ1) is 8.96. The Morgan fingerprint density at radius 1 is 1.50 bits per heavy atom. The van der Waals surface area contributed by atoms with Crippen molar-refractivity contribution < 1.29 is 17.9 Å². The summed E-state index contributed by atoms with van der Waals surface area (Å²) in [5, 5.41) is 0. The van der Waals surface area contributed by atoms with E-state index in [1.54, 1.807) is 6.92 Å². The largest absolute Gasteiger partial charge is 0.492 e. The Labute approximate surface area is 67.3 Å². The summed E-state index contributed by atoms with van der Waals surface area (Å²) in [5.41, 5.74) is -0.786. The van der Waals surface area contributed by atoms with Crippen molar-refractivity contribution in [2.45, 2.75) is 13.1 Å². The Morgan fingerprint density at radius 2 is 2.17 bits per heavy atom. The zero-order valence-electron chi connectivity index (χ0n) is 6.40. The zero-order valence-corrected chi connectivity index (χ0v) is 6.40. The standard InChI is InChI=1S/C7H8F3NO/c1-2-12-5-3-6(11-4-5)7(8,9)10/h3-4,11H,2H2,1H3. The molecule has 0 aliphatic heterocycles. The van der Waals surface area contributed by atoms with Gasteiger partial charge in [-0.25, -0.2) is 0 Å². The van der Waals surface area contributed by atoms with Crippen LogP contribution in [0.3, 0.4) is 0 Å². The molecule has 12 heavy (non-hydrogen) atoms. The van der Waals surface area contributed by atoms with Gasteiger partial charge < -0.3 is 9.72 Å². The molecule has 1 heterocycles. The highest BCUT2D eigenvalue weighted by molar-refractivity contribution is 5.24. The van der Waals surface area contributed by atoms with Crippen molar-refractivity contribution in [3.8, 4) is 5.75 Å². The van der Waals surface area contributed by atoms with Crippen LogP contribution in [-0.2, 0) is 6.18 Å². The maximum atomic E-state index is 12.0. The third-order valence-electron chi connectivity index (χ3n) is 1.27. The van der Waals surface area contributed by atoms with Gasteiger partial charge in [-0.2, -0.15) is 13.2 Å². The summed E-state index contributed by atoms with van der Waals surface area (Å²) in [5.74, 6) is 0.213. The Bertz CT molecular complexity index is 253. The molecule has 0 saturated heterocycles. The van der Waals surface area contributed by atoms with E-state index in [4.69, 9.17) is 4.74 Å². The van der Waals surface area contributed by atoms with E-state index >= 15 is 0 Å². The fourth-order valence-electron chi connectivity index (χ4n) is 0.788. The molecule has 1 aromatic heterocycles. The summed E-state index contributed by atoms with van der Waals surface area (Å²) in [6.45, 7) is 2.06. The van der Waals surface area contributed by atoms with E-state index in [9.17, 15) is 13.2 Å². The molecule has 0 radical (unpaired) electrons. The number of alkyl halides is 3. The highest BCUT2D eigenvalue weighted by Crippen LogP contribution is 2.30. The monoisotopic (exact) mass is 179 g/mol. The number of aromatic amines is 1. The molecule has 0 spiro atoms. The second kappa shape index (κ2) is 3.08. The topological polar surface area (TPSA) is 25.0 Å². The Hall–Kier alpha value is -1.13. The number of hydrogen-bond acceptors (Lipinski definition) is 1. The molecule has 0 saturated carbocycles. The maximum absolute atomic E-state index is 12.0. The molecule has 0 bridgehead atoms. The summed E-state index contributed by atoms with van der Waals surface area (Å²) in [6.07, 6.45) is -3.14. The number of rotatable bonds is 2. The lowest BCUT2D eigenvalue weighted by molar-refractivity contribution is -0.140. The van der Waals surface area contributed by atoms with Gasteiger partial charge in [0.2, 0.25) is 0 Å². The van der Waals surface area contributed by atoms with Gasteiger partial charge in [-0.3, -0.25) is 0 Å². The number of H-pyrrole nitrogens is 1. The summed E-state index contributed by atoms with van der Waals surface area (Å²) < 4.78 is 40.7. The van der Waals surface area contributed by atoms with E-state index < -0.39 is 11.9 Å². The molecule has 1 aromatic rings. The summed E-state index contributed by atoms with van der Waals surface area (Å²) in [4.78, 5) is 2.08. The van der Waals surface area contributed by atoms with Crippen LogP contribution in [0.4, 0.5) is 13.2 Å². The quantitative estimate of drug-likeness (QED) is 0.740. The maximum Gasteiger partial charge on any atom is 0.431 e. The molecular formula is C7H8F3NO. The number of nitrogens with one attached hydrogen (secondary N) is 1. The van der Waals surface area contributed by atoms with Crippen LogP contribution < -0.4 is 4.74 Å². The van der Waals surface area contributed by atoms with Gasteiger partial charge in [-0.1, -0.05) is 0 Å². The second-order valence-corrected chi connectivity index (χ2v) is 2.18. The third kappa shape index (κ3) is 1.93. The van der Waals surface area contributed by atoms with Crippen LogP contribution in [0.1, 0.15) is 12.6 Å². The van der Waals surface area contributed by atoms with Crippen LogP contribution >= 0.6 is 0 Å². The van der Waals surface area contributed by atoms with Crippen molar-refractivity contribution in [2.24, 2.45) is 0 Å². The molecule has 1 N–H and O–H groups in total. The first-order chi connectivity index (χ1) is 5.54. The number of halogens is 3. The Balaban J connectivity index is 2.77. The smallest absolute Gasteiger partial charge is 0.431 e. The van der Waals surface area contributed by atoms with Gasteiger partial charge in [0.15, 0.2) is 0 Å². The Morgan fingerprint density at radius 3 is 2.58 bits per heavy atom. The molecule has 0 aliphatic carbocycles. The van der Waals surface area contributed by atoms with Crippen LogP contribution in [0.2, 0.25) is 0 Å². The van der Waals surface area contributed by atoms with Crippen LogP contribution in [0.5, 0.6) is 5.75 Å². The summed E-state index contributed by atoms with van der Waals surface area (Å²) in [7, 11) is 0. The minimum Gasteiger partial charge on any atom is -0.492 e. The van der Waals surface area contributed by atoms with E-state index in [0.29, 0.717) is 6.61 Å². The molecule has 1 rings (SSSR count). The van der Waals surface area contributed by atoms with E-state index in [-0.39, 0.29) is 5.75 Å². The van der Waals surface area contributed by atoms with Gasteiger partial charge in [-0.15, -0.1) is 0 Å². The lowest BCUT2D eigenvalue weighted by Gasteiger charge is -2.01. The number of hydrogen-bond donors (Lipinski definition) is 1. The van der Waals surface area contributed by atoms with Crippen LogP contribution in [0, 0.1) is 0 Å². The molecule has 0 amide bonds. The molecular weight excluding hydrogens is 171 g/mol.